The lowest BCUT2D eigenvalue weighted by molar-refractivity contribution is -0.151. The number of halogens is 3. The lowest BCUT2D eigenvalue weighted by atomic mass is 10.3. The Morgan fingerprint density at radius 3 is 2.69 bits per heavy atom. The van der Waals surface area contributed by atoms with Gasteiger partial charge in [-0.05, 0) is 6.92 Å². The third-order valence-electron chi connectivity index (χ3n) is 1.72. The van der Waals surface area contributed by atoms with E-state index in [-0.39, 0.29) is 5.82 Å². The monoisotopic (exact) mass is 193 g/mol. The number of rotatable bonds is 2. The number of alkyl halides is 3. The first kappa shape index (κ1) is 10.0. The quantitative estimate of drug-likeness (QED) is 0.772. The van der Waals surface area contributed by atoms with Gasteiger partial charge in [0.25, 0.3) is 0 Å². The predicted octanol–water partition coefficient (Wildman–Crippen LogP) is 1.47. The zero-order valence-corrected chi connectivity index (χ0v) is 7.04. The number of imidazole rings is 1. The third-order valence-corrected chi connectivity index (χ3v) is 1.72. The SMILES string of the molecule is CCn1ccnc1C(N)C(F)(F)F. The molecule has 0 aliphatic carbocycles. The highest BCUT2D eigenvalue weighted by Gasteiger charge is 2.40. The fourth-order valence-corrected chi connectivity index (χ4v) is 1.01. The molecular weight excluding hydrogens is 183 g/mol. The van der Waals surface area contributed by atoms with Gasteiger partial charge in [-0.3, -0.25) is 0 Å². The van der Waals surface area contributed by atoms with Gasteiger partial charge >= 0.3 is 6.18 Å². The predicted molar refractivity (Wildman–Crippen MR) is 40.9 cm³/mol. The summed E-state index contributed by atoms with van der Waals surface area (Å²) in [5.74, 6) is -0.144. The molecule has 1 unspecified atom stereocenters. The summed E-state index contributed by atoms with van der Waals surface area (Å²) in [6, 6.07) is -2.00. The van der Waals surface area contributed by atoms with E-state index >= 15 is 0 Å². The molecule has 0 aromatic carbocycles. The highest BCUT2D eigenvalue weighted by atomic mass is 19.4. The van der Waals surface area contributed by atoms with Gasteiger partial charge in [0.15, 0.2) is 6.04 Å². The summed E-state index contributed by atoms with van der Waals surface area (Å²) < 4.78 is 37.8. The van der Waals surface area contributed by atoms with Crippen molar-refractivity contribution < 1.29 is 13.2 Å². The summed E-state index contributed by atoms with van der Waals surface area (Å²) in [7, 11) is 0. The molecule has 1 aromatic heterocycles. The lowest BCUT2D eigenvalue weighted by Crippen LogP contribution is -2.31. The maximum Gasteiger partial charge on any atom is 0.410 e. The molecule has 6 heteroatoms. The van der Waals surface area contributed by atoms with Crippen LogP contribution in [-0.2, 0) is 6.54 Å². The lowest BCUT2D eigenvalue weighted by Gasteiger charge is -2.15. The maximum atomic E-state index is 12.2. The fraction of sp³-hybridized carbons (Fsp3) is 0.571. The summed E-state index contributed by atoms with van der Waals surface area (Å²) in [4.78, 5) is 3.57. The molecule has 1 rings (SSSR count). The molecule has 0 radical (unpaired) electrons. The van der Waals surface area contributed by atoms with E-state index in [0.717, 1.165) is 0 Å². The Morgan fingerprint density at radius 2 is 2.23 bits per heavy atom. The van der Waals surface area contributed by atoms with Gasteiger partial charge in [0.1, 0.15) is 5.82 Å². The van der Waals surface area contributed by atoms with E-state index in [0.29, 0.717) is 6.54 Å². The van der Waals surface area contributed by atoms with Crippen molar-refractivity contribution in [2.45, 2.75) is 25.7 Å². The van der Waals surface area contributed by atoms with Gasteiger partial charge in [0, 0.05) is 18.9 Å². The number of hydrogen-bond acceptors (Lipinski definition) is 2. The number of aryl methyl sites for hydroxylation is 1. The molecule has 1 aromatic rings. The van der Waals surface area contributed by atoms with Crippen molar-refractivity contribution in [3.05, 3.63) is 18.2 Å². The van der Waals surface area contributed by atoms with E-state index in [1.165, 1.54) is 17.0 Å². The van der Waals surface area contributed by atoms with Crippen LogP contribution >= 0.6 is 0 Å². The van der Waals surface area contributed by atoms with Crippen LogP contribution in [-0.4, -0.2) is 15.7 Å². The van der Waals surface area contributed by atoms with E-state index < -0.39 is 12.2 Å². The molecule has 0 saturated carbocycles. The molecule has 0 amide bonds. The minimum Gasteiger partial charge on any atom is -0.334 e. The van der Waals surface area contributed by atoms with Crippen LogP contribution in [0, 0.1) is 0 Å². The van der Waals surface area contributed by atoms with Crippen LogP contribution in [0.2, 0.25) is 0 Å². The van der Waals surface area contributed by atoms with Gasteiger partial charge in [-0.25, -0.2) is 4.98 Å². The minimum absolute atomic E-state index is 0.144. The van der Waals surface area contributed by atoms with Crippen LogP contribution in [0.4, 0.5) is 13.2 Å². The van der Waals surface area contributed by atoms with Gasteiger partial charge < -0.3 is 10.3 Å². The molecular formula is C7H10F3N3. The molecule has 74 valence electrons. The Kier molecular flexibility index (Phi) is 2.60. The smallest absolute Gasteiger partial charge is 0.334 e. The topological polar surface area (TPSA) is 43.8 Å². The average molecular weight is 193 g/mol. The van der Waals surface area contributed by atoms with Crippen LogP contribution in [0.1, 0.15) is 18.8 Å². The van der Waals surface area contributed by atoms with Crippen molar-refractivity contribution >= 4 is 0 Å². The number of nitrogens with zero attached hydrogens (tertiary/aromatic N) is 2. The largest absolute Gasteiger partial charge is 0.410 e. The van der Waals surface area contributed by atoms with Gasteiger partial charge in [-0.2, -0.15) is 13.2 Å². The average Bonchev–Trinajstić information content (AvgIpc) is 2.48. The Morgan fingerprint density at radius 1 is 1.62 bits per heavy atom. The number of hydrogen-bond donors (Lipinski definition) is 1. The molecule has 1 atom stereocenters. The number of nitrogens with two attached hydrogens (primary N) is 1. The van der Waals surface area contributed by atoms with Crippen LogP contribution in [0.15, 0.2) is 12.4 Å². The highest BCUT2D eigenvalue weighted by molar-refractivity contribution is 5.01. The minimum atomic E-state index is -4.43. The third kappa shape index (κ3) is 2.00. The second-order valence-electron chi connectivity index (χ2n) is 2.59. The summed E-state index contributed by atoms with van der Waals surface area (Å²) in [6.07, 6.45) is -1.65. The van der Waals surface area contributed by atoms with E-state index in [2.05, 4.69) is 4.98 Å². The molecule has 0 saturated heterocycles. The van der Waals surface area contributed by atoms with Crippen molar-refractivity contribution in [2.75, 3.05) is 0 Å². The zero-order chi connectivity index (χ0) is 10.1. The van der Waals surface area contributed by atoms with Crippen molar-refractivity contribution in [3.63, 3.8) is 0 Å². The first-order valence-electron chi connectivity index (χ1n) is 3.80. The van der Waals surface area contributed by atoms with Crippen LogP contribution in [0.3, 0.4) is 0 Å². The Hall–Kier alpha value is -1.04. The molecule has 0 aliphatic rings. The molecule has 0 bridgehead atoms. The Labute approximate surface area is 73.4 Å². The second-order valence-corrected chi connectivity index (χ2v) is 2.59. The summed E-state index contributed by atoms with van der Waals surface area (Å²) >= 11 is 0. The Bertz CT molecular complexity index is 279. The van der Waals surface area contributed by atoms with Crippen LogP contribution < -0.4 is 5.73 Å². The molecule has 2 N–H and O–H groups in total. The molecule has 1 heterocycles. The van der Waals surface area contributed by atoms with Crippen LogP contribution in [0.5, 0.6) is 0 Å². The molecule has 0 spiro atoms. The standard InChI is InChI=1S/C7H10F3N3/c1-2-13-4-3-12-6(13)5(11)7(8,9)10/h3-5H,2,11H2,1H3. The number of aromatic nitrogens is 2. The first-order chi connectivity index (χ1) is 5.96. The maximum absolute atomic E-state index is 12.2. The summed E-state index contributed by atoms with van der Waals surface area (Å²) in [6.45, 7) is 2.16. The van der Waals surface area contributed by atoms with Crippen molar-refractivity contribution in [2.24, 2.45) is 5.73 Å². The van der Waals surface area contributed by atoms with Gasteiger partial charge in [0.2, 0.25) is 0 Å². The second kappa shape index (κ2) is 3.37. The van der Waals surface area contributed by atoms with E-state index in [1.54, 1.807) is 6.92 Å². The zero-order valence-electron chi connectivity index (χ0n) is 7.04. The van der Waals surface area contributed by atoms with Crippen LogP contribution in [0.25, 0.3) is 0 Å². The first-order valence-corrected chi connectivity index (χ1v) is 3.80. The normalized spacial score (nSPS) is 14.5. The summed E-state index contributed by atoms with van der Waals surface area (Å²) in [5, 5.41) is 0. The van der Waals surface area contributed by atoms with E-state index in [1.807, 2.05) is 0 Å². The molecule has 0 aliphatic heterocycles. The fourth-order valence-electron chi connectivity index (χ4n) is 1.01. The van der Waals surface area contributed by atoms with E-state index in [4.69, 9.17) is 5.73 Å². The molecule has 13 heavy (non-hydrogen) atoms. The van der Waals surface area contributed by atoms with Crippen molar-refractivity contribution in [1.29, 1.82) is 0 Å². The Balaban J connectivity index is 2.94. The summed E-state index contributed by atoms with van der Waals surface area (Å²) in [5.41, 5.74) is 4.98. The molecule has 3 nitrogen and oxygen atoms in total. The highest BCUT2D eigenvalue weighted by Crippen LogP contribution is 2.29. The van der Waals surface area contributed by atoms with Gasteiger partial charge in [0.05, 0.1) is 0 Å². The van der Waals surface area contributed by atoms with Gasteiger partial charge in [-0.1, -0.05) is 0 Å². The van der Waals surface area contributed by atoms with Gasteiger partial charge in [-0.15, -0.1) is 0 Å². The van der Waals surface area contributed by atoms with Crippen molar-refractivity contribution in [3.8, 4) is 0 Å². The molecule has 0 fully saturated rings. The van der Waals surface area contributed by atoms with Crippen molar-refractivity contribution in [1.82, 2.24) is 9.55 Å². The van der Waals surface area contributed by atoms with E-state index in [9.17, 15) is 13.2 Å².